The number of halogens is 3. The number of aryl methyl sites for hydroxylation is 1. The SMILES string of the molecule is Cc1cc([C@H](N2CCNCC2)C(F)(F)CO)ccc1F. The molecule has 0 aliphatic carbocycles. The van der Waals surface area contributed by atoms with E-state index in [1.807, 2.05) is 0 Å². The fourth-order valence-electron chi connectivity index (χ4n) is 2.59. The van der Waals surface area contributed by atoms with Gasteiger partial charge in [0.05, 0.1) is 0 Å². The van der Waals surface area contributed by atoms with E-state index in [4.69, 9.17) is 5.11 Å². The first-order chi connectivity index (χ1) is 9.45. The Balaban J connectivity index is 2.36. The molecular formula is C14H19F3N2O. The van der Waals surface area contributed by atoms with Gasteiger partial charge >= 0.3 is 0 Å². The molecule has 0 aromatic heterocycles. The number of benzene rings is 1. The zero-order valence-electron chi connectivity index (χ0n) is 11.4. The number of alkyl halides is 2. The van der Waals surface area contributed by atoms with Gasteiger partial charge in [0.25, 0.3) is 5.92 Å². The van der Waals surface area contributed by atoms with E-state index in [1.54, 1.807) is 11.8 Å². The summed E-state index contributed by atoms with van der Waals surface area (Å²) in [5, 5.41) is 12.1. The number of aliphatic hydroxyl groups is 1. The summed E-state index contributed by atoms with van der Waals surface area (Å²) in [4.78, 5) is 1.64. The van der Waals surface area contributed by atoms with Gasteiger partial charge in [0, 0.05) is 26.2 Å². The van der Waals surface area contributed by atoms with Crippen LogP contribution in [0.1, 0.15) is 17.2 Å². The molecule has 3 nitrogen and oxygen atoms in total. The van der Waals surface area contributed by atoms with Crippen LogP contribution in [-0.4, -0.2) is 48.7 Å². The van der Waals surface area contributed by atoms with Crippen LogP contribution in [-0.2, 0) is 0 Å². The van der Waals surface area contributed by atoms with E-state index in [-0.39, 0.29) is 0 Å². The maximum absolute atomic E-state index is 14.1. The van der Waals surface area contributed by atoms with E-state index in [0.717, 1.165) is 0 Å². The number of rotatable bonds is 4. The highest BCUT2D eigenvalue weighted by atomic mass is 19.3. The Morgan fingerprint density at radius 2 is 2.00 bits per heavy atom. The van der Waals surface area contributed by atoms with Gasteiger partial charge in [-0.05, 0) is 24.1 Å². The lowest BCUT2D eigenvalue weighted by Crippen LogP contribution is -2.51. The van der Waals surface area contributed by atoms with Crippen molar-refractivity contribution in [3.63, 3.8) is 0 Å². The van der Waals surface area contributed by atoms with E-state index in [0.29, 0.717) is 37.3 Å². The van der Waals surface area contributed by atoms with Gasteiger partial charge in [-0.15, -0.1) is 0 Å². The number of hydrogen-bond acceptors (Lipinski definition) is 3. The van der Waals surface area contributed by atoms with E-state index < -0.39 is 24.4 Å². The molecule has 1 aliphatic rings. The summed E-state index contributed by atoms with van der Waals surface area (Å²) in [7, 11) is 0. The molecule has 0 bridgehead atoms. The summed E-state index contributed by atoms with van der Waals surface area (Å²) in [5.41, 5.74) is 0.668. The Kier molecular flexibility index (Phi) is 4.67. The van der Waals surface area contributed by atoms with Crippen molar-refractivity contribution in [3.8, 4) is 0 Å². The van der Waals surface area contributed by atoms with Crippen LogP contribution in [0.25, 0.3) is 0 Å². The zero-order chi connectivity index (χ0) is 14.8. The van der Waals surface area contributed by atoms with Crippen molar-refractivity contribution in [3.05, 3.63) is 35.1 Å². The quantitative estimate of drug-likeness (QED) is 0.885. The molecule has 2 rings (SSSR count). The van der Waals surface area contributed by atoms with Crippen LogP contribution in [0.15, 0.2) is 18.2 Å². The average Bonchev–Trinajstić information content (AvgIpc) is 2.44. The van der Waals surface area contributed by atoms with Crippen LogP contribution < -0.4 is 5.32 Å². The van der Waals surface area contributed by atoms with Gasteiger partial charge in [-0.2, -0.15) is 0 Å². The minimum atomic E-state index is -3.26. The third kappa shape index (κ3) is 3.13. The number of nitrogens with one attached hydrogen (secondary N) is 1. The van der Waals surface area contributed by atoms with E-state index >= 15 is 0 Å². The van der Waals surface area contributed by atoms with Crippen LogP contribution in [0.4, 0.5) is 13.2 Å². The molecule has 6 heteroatoms. The van der Waals surface area contributed by atoms with Gasteiger partial charge in [-0.25, -0.2) is 13.2 Å². The molecule has 1 saturated heterocycles. The Morgan fingerprint density at radius 1 is 1.35 bits per heavy atom. The van der Waals surface area contributed by atoms with Crippen molar-refractivity contribution in [1.82, 2.24) is 10.2 Å². The predicted octanol–water partition coefficient (Wildman–Crippen LogP) is 1.71. The van der Waals surface area contributed by atoms with Gasteiger partial charge in [-0.1, -0.05) is 12.1 Å². The summed E-state index contributed by atoms with van der Waals surface area (Å²) in [6, 6.07) is 2.78. The monoisotopic (exact) mass is 288 g/mol. The first-order valence-electron chi connectivity index (χ1n) is 6.65. The van der Waals surface area contributed by atoms with Crippen molar-refractivity contribution >= 4 is 0 Å². The molecule has 0 saturated carbocycles. The highest BCUT2D eigenvalue weighted by Gasteiger charge is 2.44. The minimum absolute atomic E-state index is 0.330. The van der Waals surface area contributed by atoms with E-state index in [2.05, 4.69) is 5.32 Å². The average molecular weight is 288 g/mol. The lowest BCUT2D eigenvalue weighted by molar-refractivity contribution is -0.118. The Hall–Kier alpha value is -1.11. The second-order valence-corrected chi connectivity index (χ2v) is 5.12. The molecule has 0 spiro atoms. The van der Waals surface area contributed by atoms with Gasteiger partial charge in [0.15, 0.2) is 0 Å². The van der Waals surface area contributed by atoms with Gasteiger partial charge in [-0.3, -0.25) is 4.90 Å². The maximum Gasteiger partial charge on any atom is 0.289 e. The van der Waals surface area contributed by atoms with Crippen LogP contribution in [0.5, 0.6) is 0 Å². The van der Waals surface area contributed by atoms with Gasteiger partial charge in [0.2, 0.25) is 0 Å². The van der Waals surface area contributed by atoms with Crippen molar-refractivity contribution in [1.29, 1.82) is 0 Å². The number of piperazine rings is 1. The molecule has 0 amide bonds. The van der Waals surface area contributed by atoms with Crippen LogP contribution >= 0.6 is 0 Å². The number of nitrogens with zero attached hydrogens (tertiary/aromatic N) is 1. The second kappa shape index (κ2) is 6.11. The highest BCUT2D eigenvalue weighted by molar-refractivity contribution is 5.28. The van der Waals surface area contributed by atoms with Crippen LogP contribution in [0.3, 0.4) is 0 Å². The number of hydrogen-bond donors (Lipinski definition) is 2. The Bertz CT molecular complexity index is 462. The molecule has 0 radical (unpaired) electrons. The lowest BCUT2D eigenvalue weighted by atomic mass is 9.96. The van der Waals surface area contributed by atoms with Crippen molar-refractivity contribution in [2.75, 3.05) is 32.8 Å². The minimum Gasteiger partial charge on any atom is -0.390 e. The fraction of sp³-hybridized carbons (Fsp3) is 0.571. The standard InChI is InChI=1S/C14H19F3N2O/c1-10-8-11(2-3-12(10)15)13(14(16,17)9-20)19-6-4-18-5-7-19/h2-3,8,13,18,20H,4-7,9H2,1H3/t13-/m0/s1. The molecule has 1 aromatic carbocycles. The zero-order valence-corrected chi connectivity index (χ0v) is 11.4. The largest absolute Gasteiger partial charge is 0.390 e. The topological polar surface area (TPSA) is 35.5 Å². The maximum atomic E-state index is 14.1. The molecule has 112 valence electrons. The molecule has 1 atom stereocenters. The molecule has 20 heavy (non-hydrogen) atoms. The van der Waals surface area contributed by atoms with Crippen molar-refractivity contribution in [2.45, 2.75) is 18.9 Å². The summed E-state index contributed by atoms with van der Waals surface area (Å²) in [6.45, 7) is 2.51. The molecule has 2 N–H and O–H groups in total. The van der Waals surface area contributed by atoms with Crippen LogP contribution in [0, 0.1) is 12.7 Å². The highest BCUT2D eigenvalue weighted by Crippen LogP contribution is 2.36. The lowest BCUT2D eigenvalue weighted by Gasteiger charge is -2.38. The van der Waals surface area contributed by atoms with Crippen molar-refractivity contribution in [2.24, 2.45) is 0 Å². The number of aliphatic hydroxyl groups excluding tert-OH is 1. The third-order valence-electron chi connectivity index (χ3n) is 3.63. The summed E-state index contributed by atoms with van der Waals surface area (Å²) in [6.07, 6.45) is 0. The molecular weight excluding hydrogens is 269 g/mol. The molecule has 0 unspecified atom stereocenters. The normalized spacial score (nSPS) is 19.1. The molecule has 1 heterocycles. The summed E-state index contributed by atoms with van der Waals surface area (Å²) in [5.74, 6) is -3.68. The first-order valence-corrected chi connectivity index (χ1v) is 6.65. The molecule has 1 aromatic rings. The smallest absolute Gasteiger partial charge is 0.289 e. The van der Waals surface area contributed by atoms with Crippen LogP contribution in [0.2, 0.25) is 0 Å². The van der Waals surface area contributed by atoms with E-state index in [1.165, 1.54) is 18.2 Å². The summed E-state index contributed by atoms with van der Waals surface area (Å²) < 4.78 is 41.6. The van der Waals surface area contributed by atoms with E-state index in [9.17, 15) is 13.2 Å². The Labute approximate surface area is 116 Å². The second-order valence-electron chi connectivity index (χ2n) is 5.12. The first kappa shape index (κ1) is 15.3. The van der Waals surface area contributed by atoms with Gasteiger partial charge < -0.3 is 10.4 Å². The fourth-order valence-corrected chi connectivity index (χ4v) is 2.59. The molecule has 1 fully saturated rings. The predicted molar refractivity (Wildman–Crippen MR) is 70.4 cm³/mol. The Morgan fingerprint density at radius 3 is 2.55 bits per heavy atom. The molecule has 1 aliphatic heterocycles. The summed E-state index contributed by atoms with van der Waals surface area (Å²) >= 11 is 0. The van der Waals surface area contributed by atoms with Crippen molar-refractivity contribution < 1.29 is 18.3 Å². The van der Waals surface area contributed by atoms with Gasteiger partial charge in [0.1, 0.15) is 18.5 Å². The third-order valence-corrected chi connectivity index (χ3v) is 3.63.